The summed E-state index contributed by atoms with van der Waals surface area (Å²) in [6, 6.07) is 4.09. The molecule has 0 aromatic heterocycles. The third-order valence-corrected chi connectivity index (χ3v) is 2.23. The third kappa shape index (κ3) is 4.97. The average Bonchev–Trinajstić information content (AvgIpc) is 2.36. The Labute approximate surface area is 114 Å². The molecule has 0 heterocycles. The predicted molar refractivity (Wildman–Crippen MR) is 69.4 cm³/mol. The van der Waals surface area contributed by atoms with Crippen molar-refractivity contribution in [2.24, 2.45) is 0 Å². The van der Waals surface area contributed by atoms with Gasteiger partial charge in [-0.2, -0.15) is 0 Å². The molecule has 0 unspecified atom stereocenters. The Bertz CT molecular complexity index is 501. The van der Waals surface area contributed by atoms with Crippen molar-refractivity contribution in [3.05, 3.63) is 45.5 Å². The van der Waals surface area contributed by atoms with Gasteiger partial charge in [-0.15, -0.1) is 0 Å². The summed E-state index contributed by atoms with van der Waals surface area (Å²) < 4.78 is 9.85. The second kappa shape index (κ2) is 7.38. The third-order valence-electron chi connectivity index (χ3n) is 1.99. The van der Waals surface area contributed by atoms with Crippen LogP contribution in [0.25, 0.3) is 0 Å². The van der Waals surface area contributed by atoms with Gasteiger partial charge < -0.3 is 9.47 Å². The first-order chi connectivity index (χ1) is 9.04. The van der Waals surface area contributed by atoms with Gasteiger partial charge in [0.05, 0.1) is 11.5 Å². The van der Waals surface area contributed by atoms with E-state index in [4.69, 9.17) is 16.3 Å². The largest absolute Gasteiger partial charge is 0.483 e. The number of nitrogens with zero attached hydrogens (tertiary/aromatic N) is 1. The molecule has 0 atom stereocenters. The van der Waals surface area contributed by atoms with E-state index in [2.05, 4.69) is 4.74 Å². The Hall–Kier alpha value is -2.08. The fourth-order valence-electron chi connectivity index (χ4n) is 1.23. The number of hydrogen-bond acceptors (Lipinski definition) is 5. The Kier molecular flexibility index (Phi) is 5.81. The van der Waals surface area contributed by atoms with Gasteiger partial charge >= 0.3 is 11.7 Å². The van der Waals surface area contributed by atoms with Crippen LogP contribution in [0.3, 0.4) is 0 Å². The van der Waals surface area contributed by atoms with Gasteiger partial charge in [0.25, 0.3) is 0 Å². The van der Waals surface area contributed by atoms with Crippen LogP contribution >= 0.6 is 11.6 Å². The number of hydrogen-bond donors (Lipinski definition) is 0. The first kappa shape index (κ1) is 15.0. The minimum absolute atomic E-state index is 0.0152. The Morgan fingerprint density at radius 3 is 2.89 bits per heavy atom. The van der Waals surface area contributed by atoms with Crippen LogP contribution in [0, 0.1) is 10.1 Å². The zero-order valence-electron chi connectivity index (χ0n) is 10.2. The summed E-state index contributed by atoms with van der Waals surface area (Å²) in [5, 5.41) is 11.0. The maximum atomic E-state index is 11.0. The van der Waals surface area contributed by atoms with E-state index in [9.17, 15) is 14.9 Å². The molecule has 1 aromatic rings. The van der Waals surface area contributed by atoms with Crippen LogP contribution < -0.4 is 4.74 Å². The molecule has 1 rings (SSSR count). The summed E-state index contributed by atoms with van der Waals surface area (Å²) in [5.41, 5.74) is -0.225. The molecule has 6 nitrogen and oxygen atoms in total. The van der Waals surface area contributed by atoms with Crippen molar-refractivity contribution >= 4 is 23.3 Å². The molecular weight excluding hydrogens is 274 g/mol. The van der Waals surface area contributed by atoms with Crippen molar-refractivity contribution in [2.75, 3.05) is 13.2 Å². The molecule has 0 aliphatic rings. The van der Waals surface area contributed by atoms with Gasteiger partial charge in [0.2, 0.25) is 0 Å². The van der Waals surface area contributed by atoms with Gasteiger partial charge in [0.15, 0.2) is 5.75 Å². The van der Waals surface area contributed by atoms with Gasteiger partial charge in [-0.25, -0.2) is 4.79 Å². The smallest absolute Gasteiger partial charge is 0.330 e. The van der Waals surface area contributed by atoms with Crippen LogP contribution in [0.4, 0.5) is 5.69 Å². The highest BCUT2D eigenvalue weighted by Crippen LogP contribution is 2.29. The number of esters is 1. The normalized spacial score (nSPS) is 10.4. The van der Waals surface area contributed by atoms with E-state index in [1.807, 2.05) is 0 Å². The summed E-state index contributed by atoms with van der Waals surface area (Å²) in [7, 11) is 0. The van der Waals surface area contributed by atoms with Crippen molar-refractivity contribution in [1.29, 1.82) is 0 Å². The predicted octanol–water partition coefficient (Wildman–Crippen LogP) is 2.75. The molecule has 1 aromatic carbocycles. The van der Waals surface area contributed by atoms with Crippen molar-refractivity contribution < 1.29 is 19.2 Å². The Morgan fingerprint density at radius 2 is 2.26 bits per heavy atom. The summed E-state index contributed by atoms with van der Waals surface area (Å²) in [6.45, 7) is 1.99. The molecule has 0 fully saturated rings. The van der Waals surface area contributed by atoms with Crippen LogP contribution in [0.2, 0.25) is 5.02 Å². The van der Waals surface area contributed by atoms with Crippen LogP contribution in [-0.4, -0.2) is 24.1 Å². The average molecular weight is 286 g/mol. The van der Waals surface area contributed by atoms with Crippen LogP contribution in [0.15, 0.2) is 30.4 Å². The van der Waals surface area contributed by atoms with Crippen molar-refractivity contribution in [3.8, 4) is 5.75 Å². The number of ether oxygens (including phenoxy) is 2. The molecule has 7 heteroatoms. The quantitative estimate of drug-likeness (QED) is 0.347. The molecule has 0 N–H and O–H groups in total. The van der Waals surface area contributed by atoms with E-state index < -0.39 is 10.9 Å². The van der Waals surface area contributed by atoms with E-state index >= 15 is 0 Å². The molecule has 0 amide bonds. The number of nitro benzene ring substituents is 1. The molecule has 19 heavy (non-hydrogen) atoms. The van der Waals surface area contributed by atoms with Crippen LogP contribution in [-0.2, 0) is 9.53 Å². The highest BCUT2D eigenvalue weighted by atomic mass is 35.5. The lowest BCUT2D eigenvalue weighted by Gasteiger charge is -2.04. The number of nitro groups is 1. The molecule has 0 aliphatic carbocycles. The lowest BCUT2D eigenvalue weighted by molar-refractivity contribution is -0.385. The highest BCUT2D eigenvalue weighted by Gasteiger charge is 2.15. The van der Waals surface area contributed by atoms with Gasteiger partial charge in [0, 0.05) is 17.2 Å². The van der Waals surface area contributed by atoms with E-state index in [-0.39, 0.29) is 29.7 Å². The van der Waals surface area contributed by atoms with E-state index in [0.717, 1.165) is 0 Å². The maximum absolute atomic E-state index is 11.0. The summed E-state index contributed by atoms with van der Waals surface area (Å²) in [5.74, 6) is -0.403. The SMILES string of the molecule is CCOC(=O)/C=C/COc1ccc(Cl)cc1[N+](=O)[O-]. The molecule has 0 bridgehead atoms. The van der Waals surface area contributed by atoms with Crippen molar-refractivity contribution in [2.45, 2.75) is 6.92 Å². The molecule has 0 aliphatic heterocycles. The van der Waals surface area contributed by atoms with Crippen molar-refractivity contribution in [1.82, 2.24) is 0 Å². The second-order valence-electron chi connectivity index (χ2n) is 3.33. The number of benzene rings is 1. The van der Waals surface area contributed by atoms with Crippen LogP contribution in [0.5, 0.6) is 5.75 Å². The second-order valence-corrected chi connectivity index (χ2v) is 3.77. The molecule has 0 spiro atoms. The van der Waals surface area contributed by atoms with Crippen molar-refractivity contribution in [3.63, 3.8) is 0 Å². The highest BCUT2D eigenvalue weighted by molar-refractivity contribution is 6.30. The Balaban J connectivity index is 2.63. The standard InChI is InChI=1S/C12H12ClNO5/c1-2-18-12(15)4-3-7-19-11-6-5-9(13)8-10(11)14(16)17/h3-6,8H,2,7H2,1H3/b4-3+. The van der Waals surface area contributed by atoms with Crippen LogP contribution in [0.1, 0.15) is 6.92 Å². The van der Waals surface area contributed by atoms with E-state index in [1.165, 1.54) is 30.4 Å². The van der Waals surface area contributed by atoms with Gasteiger partial charge in [0.1, 0.15) is 6.61 Å². The number of halogens is 1. The first-order valence-corrected chi connectivity index (χ1v) is 5.82. The number of rotatable bonds is 6. The summed E-state index contributed by atoms with van der Waals surface area (Å²) in [6.07, 6.45) is 2.61. The fourth-order valence-corrected chi connectivity index (χ4v) is 1.39. The zero-order chi connectivity index (χ0) is 14.3. The van der Waals surface area contributed by atoms with E-state index in [1.54, 1.807) is 6.92 Å². The number of carbonyl (C=O) groups is 1. The lowest BCUT2D eigenvalue weighted by atomic mass is 10.3. The Morgan fingerprint density at radius 1 is 1.53 bits per heavy atom. The fraction of sp³-hybridized carbons (Fsp3) is 0.250. The van der Waals surface area contributed by atoms with E-state index in [0.29, 0.717) is 0 Å². The van der Waals surface area contributed by atoms with Gasteiger partial charge in [-0.05, 0) is 25.1 Å². The van der Waals surface area contributed by atoms with Gasteiger partial charge in [-0.1, -0.05) is 11.6 Å². The minimum Gasteiger partial charge on any atom is -0.483 e. The summed E-state index contributed by atoms with van der Waals surface area (Å²) >= 11 is 5.66. The number of carbonyl (C=O) groups excluding carboxylic acids is 1. The summed E-state index contributed by atoms with van der Waals surface area (Å²) in [4.78, 5) is 21.2. The molecule has 0 radical (unpaired) electrons. The molecule has 0 saturated carbocycles. The molecule has 0 saturated heterocycles. The molecular formula is C12H12ClNO5. The topological polar surface area (TPSA) is 78.7 Å². The molecule has 102 valence electrons. The zero-order valence-corrected chi connectivity index (χ0v) is 10.9. The minimum atomic E-state index is -0.587. The maximum Gasteiger partial charge on any atom is 0.330 e. The first-order valence-electron chi connectivity index (χ1n) is 5.44. The van der Waals surface area contributed by atoms with Gasteiger partial charge in [-0.3, -0.25) is 10.1 Å². The lowest BCUT2D eigenvalue weighted by Crippen LogP contribution is -2.02. The monoisotopic (exact) mass is 285 g/mol.